The zero-order valence-electron chi connectivity index (χ0n) is 9.77. The SMILES string of the molecule is CC1SC(c2ccc(Cl)c(Cl)c2)N(CCO)C1=O. The summed E-state index contributed by atoms with van der Waals surface area (Å²) in [7, 11) is 0. The van der Waals surface area contributed by atoms with Crippen LogP contribution in [0, 0.1) is 0 Å². The molecule has 2 unspecified atom stereocenters. The second-order valence-electron chi connectivity index (χ2n) is 4.06. The average molecular weight is 306 g/mol. The number of hydrogen-bond donors (Lipinski definition) is 1. The number of halogens is 2. The van der Waals surface area contributed by atoms with E-state index in [4.69, 9.17) is 28.3 Å². The van der Waals surface area contributed by atoms with Crippen LogP contribution in [0.4, 0.5) is 0 Å². The number of aliphatic hydroxyl groups excluding tert-OH is 1. The Balaban J connectivity index is 2.30. The maximum Gasteiger partial charge on any atom is 0.236 e. The third kappa shape index (κ3) is 2.62. The van der Waals surface area contributed by atoms with E-state index in [-0.39, 0.29) is 23.1 Å². The maximum absolute atomic E-state index is 12.0. The quantitative estimate of drug-likeness (QED) is 0.933. The highest BCUT2D eigenvalue weighted by Crippen LogP contribution is 2.43. The summed E-state index contributed by atoms with van der Waals surface area (Å²) in [6.45, 7) is 2.16. The molecule has 18 heavy (non-hydrogen) atoms. The molecule has 1 aliphatic heterocycles. The number of thioether (sulfide) groups is 1. The van der Waals surface area contributed by atoms with Crippen LogP contribution >= 0.6 is 35.0 Å². The topological polar surface area (TPSA) is 40.5 Å². The number of carbonyl (C=O) groups is 1. The zero-order valence-corrected chi connectivity index (χ0v) is 12.1. The molecule has 1 aromatic carbocycles. The van der Waals surface area contributed by atoms with Crippen LogP contribution in [-0.4, -0.2) is 34.3 Å². The molecule has 0 bridgehead atoms. The third-order valence-electron chi connectivity index (χ3n) is 2.82. The molecule has 2 rings (SSSR count). The van der Waals surface area contributed by atoms with Crippen molar-refractivity contribution < 1.29 is 9.90 Å². The highest BCUT2D eigenvalue weighted by atomic mass is 35.5. The minimum Gasteiger partial charge on any atom is -0.395 e. The standard InChI is InChI=1S/C12H13Cl2NO2S/c1-7-11(17)15(4-5-16)12(18-7)8-2-3-9(13)10(14)6-8/h2-3,6-7,12,16H,4-5H2,1H3. The first-order chi connectivity index (χ1) is 8.54. The highest BCUT2D eigenvalue weighted by molar-refractivity contribution is 8.01. The molecule has 2 atom stereocenters. The highest BCUT2D eigenvalue weighted by Gasteiger charge is 2.38. The van der Waals surface area contributed by atoms with Crippen molar-refractivity contribution >= 4 is 40.9 Å². The molecule has 3 nitrogen and oxygen atoms in total. The Morgan fingerprint density at radius 3 is 2.72 bits per heavy atom. The van der Waals surface area contributed by atoms with Crippen LogP contribution in [0.25, 0.3) is 0 Å². The van der Waals surface area contributed by atoms with Crippen molar-refractivity contribution in [3.63, 3.8) is 0 Å². The van der Waals surface area contributed by atoms with E-state index in [0.717, 1.165) is 5.56 Å². The van der Waals surface area contributed by atoms with Crippen LogP contribution < -0.4 is 0 Å². The van der Waals surface area contributed by atoms with E-state index in [9.17, 15) is 4.79 Å². The van der Waals surface area contributed by atoms with Crippen molar-refractivity contribution in [1.29, 1.82) is 0 Å². The Kier molecular flexibility index (Phi) is 4.43. The molecule has 1 aromatic rings. The first-order valence-electron chi connectivity index (χ1n) is 5.56. The number of hydrogen-bond acceptors (Lipinski definition) is 3. The van der Waals surface area contributed by atoms with E-state index in [0.29, 0.717) is 16.6 Å². The van der Waals surface area contributed by atoms with Gasteiger partial charge in [-0.05, 0) is 24.6 Å². The summed E-state index contributed by atoms with van der Waals surface area (Å²) in [6, 6.07) is 5.36. The van der Waals surface area contributed by atoms with Crippen molar-refractivity contribution in [3.8, 4) is 0 Å². The molecule has 1 saturated heterocycles. The van der Waals surface area contributed by atoms with Gasteiger partial charge in [-0.15, -0.1) is 11.8 Å². The number of benzene rings is 1. The molecule has 0 saturated carbocycles. The molecule has 0 aromatic heterocycles. The summed E-state index contributed by atoms with van der Waals surface area (Å²) < 4.78 is 0. The Morgan fingerprint density at radius 2 is 2.11 bits per heavy atom. The first-order valence-corrected chi connectivity index (χ1v) is 7.26. The monoisotopic (exact) mass is 305 g/mol. The van der Waals surface area contributed by atoms with Crippen molar-refractivity contribution in [3.05, 3.63) is 33.8 Å². The van der Waals surface area contributed by atoms with Crippen molar-refractivity contribution in [2.75, 3.05) is 13.2 Å². The summed E-state index contributed by atoms with van der Waals surface area (Å²) >= 11 is 13.4. The molecule has 1 fully saturated rings. The first kappa shape index (κ1) is 14.0. The number of carbonyl (C=O) groups excluding carboxylic acids is 1. The van der Waals surface area contributed by atoms with Gasteiger partial charge >= 0.3 is 0 Å². The second kappa shape index (κ2) is 5.70. The molecule has 98 valence electrons. The number of β-amino-alcohol motifs (C(OH)–C–C–N with tert-alkyl or cyclic N) is 1. The predicted octanol–water partition coefficient (Wildman–Crippen LogP) is 2.95. The van der Waals surface area contributed by atoms with Gasteiger partial charge in [0.15, 0.2) is 0 Å². The molecule has 1 aliphatic rings. The van der Waals surface area contributed by atoms with Gasteiger partial charge in [0, 0.05) is 6.54 Å². The summed E-state index contributed by atoms with van der Waals surface area (Å²) in [6.07, 6.45) is 0. The lowest BCUT2D eigenvalue weighted by Crippen LogP contribution is -2.32. The third-order valence-corrected chi connectivity index (χ3v) is 4.95. The number of amides is 1. The van der Waals surface area contributed by atoms with Gasteiger partial charge in [-0.1, -0.05) is 29.3 Å². The van der Waals surface area contributed by atoms with Gasteiger partial charge in [-0.25, -0.2) is 0 Å². The van der Waals surface area contributed by atoms with E-state index >= 15 is 0 Å². The lowest BCUT2D eigenvalue weighted by atomic mass is 10.2. The Labute approximate surface area is 120 Å². The van der Waals surface area contributed by atoms with E-state index in [1.165, 1.54) is 0 Å². The summed E-state index contributed by atoms with van der Waals surface area (Å²) in [5.74, 6) is 0.0464. The van der Waals surface area contributed by atoms with Crippen LogP contribution in [0.3, 0.4) is 0 Å². The normalized spacial score (nSPS) is 23.8. The molecule has 0 radical (unpaired) electrons. The lowest BCUT2D eigenvalue weighted by Gasteiger charge is -2.23. The van der Waals surface area contributed by atoms with Crippen LogP contribution in [0.1, 0.15) is 17.9 Å². The predicted molar refractivity (Wildman–Crippen MR) is 75.1 cm³/mol. The number of rotatable bonds is 3. The van der Waals surface area contributed by atoms with Crippen molar-refractivity contribution in [2.24, 2.45) is 0 Å². The van der Waals surface area contributed by atoms with Gasteiger partial charge in [0.05, 0.1) is 21.9 Å². The van der Waals surface area contributed by atoms with Gasteiger partial charge in [0.1, 0.15) is 5.37 Å². The minimum absolute atomic E-state index is 0.0448. The minimum atomic E-state index is -0.102. The Bertz CT molecular complexity index is 469. The molecule has 1 heterocycles. The van der Waals surface area contributed by atoms with Crippen LogP contribution in [0.15, 0.2) is 18.2 Å². The Hall–Kier alpha value is -0.420. The number of aliphatic hydroxyl groups is 1. The zero-order chi connectivity index (χ0) is 13.3. The molecule has 0 aliphatic carbocycles. The fraction of sp³-hybridized carbons (Fsp3) is 0.417. The fourth-order valence-electron chi connectivity index (χ4n) is 1.93. The van der Waals surface area contributed by atoms with Crippen LogP contribution in [-0.2, 0) is 4.79 Å². The molecular weight excluding hydrogens is 293 g/mol. The molecule has 1 amide bonds. The van der Waals surface area contributed by atoms with E-state index < -0.39 is 0 Å². The number of nitrogens with zero attached hydrogens (tertiary/aromatic N) is 1. The lowest BCUT2D eigenvalue weighted by molar-refractivity contribution is -0.130. The second-order valence-corrected chi connectivity index (χ2v) is 6.30. The van der Waals surface area contributed by atoms with E-state index in [1.54, 1.807) is 28.8 Å². The van der Waals surface area contributed by atoms with E-state index in [2.05, 4.69) is 0 Å². The molecule has 6 heteroatoms. The van der Waals surface area contributed by atoms with Gasteiger partial charge in [0.25, 0.3) is 0 Å². The maximum atomic E-state index is 12.0. The van der Waals surface area contributed by atoms with Crippen molar-refractivity contribution in [2.45, 2.75) is 17.5 Å². The molecule has 1 N–H and O–H groups in total. The van der Waals surface area contributed by atoms with Gasteiger partial charge in [-0.2, -0.15) is 0 Å². The average Bonchev–Trinajstić information content (AvgIpc) is 2.61. The Morgan fingerprint density at radius 1 is 1.39 bits per heavy atom. The summed E-state index contributed by atoms with van der Waals surface area (Å²) in [5.41, 5.74) is 0.931. The fourth-order valence-corrected chi connectivity index (χ4v) is 3.54. The largest absolute Gasteiger partial charge is 0.395 e. The summed E-state index contributed by atoms with van der Waals surface area (Å²) in [4.78, 5) is 13.6. The smallest absolute Gasteiger partial charge is 0.236 e. The molecule has 0 spiro atoms. The summed E-state index contributed by atoms with van der Waals surface area (Å²) in [5, 5.41) is 9.81. The van der Waals surface area contributed by atoms with Crippen LogP contribution in [0.2, 0.25) is 10.0 Å². The van der Waals surface area contributed by atoms with Gasteiger partial charge in [0.2, 0.25) is 5.91 Å². The molecular formula is C12H13Cl2NO2S. The van der Waals surface area contributed by atoms with Crippen LogP contribution in [0.5, 0.6) is 0 Å². The van der Waals surface area contributed by atoms with Crippen molar-refractivity contribution in [1.82, 2.24) is 4.90 Å². The van der Waals surface area contributed by atoms with Gasteiger partial charge in [-0.3, -0.25) is 4.79 Å². The van der Waals surface area contributed by atoms with E-state index in [1.807, 2.05) is 13.0 Å². The van der Waals surface area contributed by atoms with Gasteiger partial charge < -0.3 is 10.0 Å².